The largest absolute Gasteiger partial charge is 0.492 e. The first-order valence-electron chi connectivity index (χ1n) is 6.74. The van der Waals surface area contributed by atoms with Crippen LogP contribution in [-0.4, -0.2) is 17.7 Å². The second-order valence-corrected chi connectivity index (χ2v) is 5.84. The van der Waals surface area contributed by atoms with Crippen LogP contribution in [-0.2, 0) is 0 Å². The second kappa shape index (κ2) is 8.40. The number of halogens is 1. The van der Waals surface area contributed by atoms with Crippen molar-refractivity contribution in [1.29, 1.82) is 0 Å². The van der Waals surface area contributed by atoms with Crippen molar-refractivity contribution >= 4 is 28.6 Å². The maximum absolute atomic E-state index is 10.9. The van der Waals surface area contributed by atoms with Crippen molar-refractivity contribution in [1.82, 2.24) is 0 Å². The van der Waals surface area contributed by atoms with Gasteiger partial charge in [0, 0.05) is 0 Å². The van der Waals surface area contributed by atoms with Crippen LogP contribution in [0.5, 0.6) is 5.75 Å². The molecule has 1 N–H and O–H groups in total. The molecule has 0 aliphatic heterocycles. The lowest BCUT2D eigenvalue weighted by atomic mass is 10.0. The third-order valence-electron chi connectivity index (χ3n) is 3.20. The Morgan fingerprint density at radius 1 is 1.42 bits per heavy atom. The summed E-state index contributed by atoms with van der Waals surface area (Å²) in [5.41, 5.74) is 0.275. The van der Waals surface area contributed by atoms with Crippen LogP contribution in [0.4, 0.5) is 0 Å². The van der Waals surface area contributed by atoms with Gasteiger partial charge in [0.1, 0.15) is 5.75 Å². The Kier molecular flexibility index (Phi) is 7.20. The smallest absolute Gasteiger partial charge is 0.335 e. The van der Waals surface area contributed by atoms with Crippen LogP contribution in [0.15, 0.2) is 18.2 Å². The Hall–Kier alpha value is -0.780. The number of carboxylic acids is 1. The van der Waals surface area contributed by atoms with Gasteiger partial charge in [0.15, 0.2) is 0 Å². The van der Waals surface area contributed by atoms with Crippen LogP contribution in [0, 0.1) is 9.49 Å². The number of hydrogen-bond acceptors (Lipinski definition) is 2. The molecule has 0 spiro atoms. The summed E-state index contributed by atoms with van der Waals surface area (Å²) >= 11 is 2.17. The first-order valence-corrected chi connectivity index (χ1v) is 7.82. The van der Waals surface area contributed by atoms with Crippen LogP contribution < -0.4 is 4.74 Å². The molecule has 0 bridgehead atoms. The molecular weight excluding hydrogens is 355 g/mol. The highest BCUT2D eigenvalue weighted by Crippen LogP contribution is 2.24. The molecule has 0 amide bonds. The van der Waals surface area contributed by atoms with Gasteiger partial charge in [-0.15, -0.1) is 0 Å². The maximum atomic E-state index is 10.9. The molecule has 0 saturated heterocycles. The summed E-state index contributed by atoms with van der Waals surface area (Å²) in [6, 6.07) is 4.99. The van der Waals surface area contributed by atoms with Crippen LogP contribution in [0.3, 0.4) is 0 Å². The fourth-order valence-electron chi connectivity index (χ4n) is 1.85. The number of benzene rings is 1. The van der Waals surface area contributed by atoms with Gasteiger partial charge in [-0.05, 0) is 53.1 Å². The van der Waals surface area contributed by atoms with Crippen molar-refractivity contribution < 1.29 is 14.6 Å². The third kappa shape index (κ3) is 5.38. The first-order chi connectivity index (χ1) is 9.08. The Bertz CT molecular complexity index is 418. The summed E-state index contributed by atoms with van der Waals surface area (Å²) in [6.07, 6.45) is 4.67. The maximum Gasteiger partial charge on any atom is 0.335 e. The summed E-state index contributed by atoms with van der Waals surface area (Å²) in [4.78, 5) is 10.9. The Labute approximate surface area is 128 Å². The topological polar surface area (TPSA) is 46.5 Å². The van der Waals surface area contributed by atoms with E-state index in [1.807, 2.05) is 0 Å². The molecule has 1 unspecified atom stereocenters. The number of rotatable bonds is 8. The van der Waals surface area contributed by atoms with E-state index in [9.17, 15) is 4.79 Å². The fraction of sp³-hybridized carbons (Fsp3) is 0.533. The van der Waals surface area contributed by atoms with Gasteiger partial charge in [-0.2, -0.15) is 0 Å². The van der Waals surface area contributed by atoms with Gasteiger partial charge in [0.25, 0.3) is 0 Å². The van der Waals surface area contributed by atoms with Crippen molar-refractivity contribution in [3.8, 4) is 5.75 Å². The summed E-state index contributed by atoms with van der Waals surface area (Å²) in [7, 11) is 0. The molecule has 3 nitrogen and oxygen atoms in total. The Morgan fingerprint density at radius 3 is 2.74 bits per heavy atom. The highest BCUT2D eigenvalue weighted by atomic mass is 127. The lowest BCUT2D eigenvalue weighted by molar-refractivity contribution is 0.0696. The van der Waals surface area contributed by atoms with Gasteiger partial charge in [0.2, 0.25) is 0 Å². The van der Waals surface area contributed by atoms with Gasteiger partial charge in [-0.25, -0.2) is 4.79 Å². The highest BCUT2D eigenvalue weighted by molar-refractivity contribution is 14.1. The highest BCUT2D eigenvalue weighted by Gasteiger charge is 2.11. The number of hydrogen-bond donors (Lipinski definition) is 1. The Balaban J connectivity index is 2.65. The molecule has 1 aromatic rings. The van der Waals surface area contributed by atoms with Crippen molar-refractivity contribution in [3.05, 3.63) is 27.3 Å². The summed E-state index contributed by atoms with van der Waals surface area (Å²) in [5.74, 6) is 0.305. The van der Waals surface area contributed by atoms with Gasteiger partial charge in [0.05, 0.1) is 15.7 Å². The van der Waals surface area contributed by atoms with E-state index in [1.165, 1.54) is 19.3 Å². The molecule has 0 aromatic heterocycles. The minimum absolute atomic E-state index is 0.275. The van der Waals surface area contributed by atoms with E-state index in [2.05, 4.69) is 36.4 Å². The van der Waals surface area contributed by atoms with Gasteiger partial charge in [-0.1, -0.05) is 33.1 Å². The molecule has 0 heterocycles. The molecule has 1 aromatic carbocycles. The van der Waals surface area contributed by atoms with Crippen molar-refractivity contribution in [2.75, 3.05) is 6.61 Å². The van der Waals surface area contributed by atoms with E-state index >= 15 is 0 Å². The van der Waals surface area contributed by atoms with Crippen molar-refractivity contribution in [3.63, 3.8) is 0 Å². The molecule has 0 fully saturated rings. The zero-order valence-corrected chi connectivity index (χ0v) is 13.6. The molecule has 106 valence electrons. The minimum Gasteiger partial charge on any atom is -0.492 e. The molecule has 0 aliphatic rings. The van der Waals surface area contributed by atoms with E-state index in [0.29, 0.717) is 18.3 Å². The van der Waals surface area contributed by atoms with Gasteiger partial charge in [-0.3, -0.25) is 0 Å². The van der Waals surface area contributed by atoms with Crippen molar-refractivity contribution in [2.45, 2.75) is 39.5 Å². The minimum atomic E-state index is -0.917. The SMILES string of the molecule is CCCCC(CC)COc1cc(C(=O)O)ccc1I. The summed E-state index contributed by atoms with van der Waals surface area (Å²) in [6.45, 7) is 5.02. The molecule has 0 radical (unpaired) electrons. The number of carbonyl (C=O) groups is 1. The van der Waals surface area contributed by atoms with E-state index in [-0.39, 0.29) is 5.56 Å². The molecular formula is C15H21IO3. The van der Waals surface area contributed by atoms with Crippen molar-refractivity contribution in [2.24, 2.45) is 5.92 Å². The van der Waals surface area contributed by atoms with Gasteiger partial charge >= 0.3 is 5.97 Å². The monoisotopic (exact) mass is 376 g/mol. The summed E-state index contributed by atoms with van der Waals surface area (Å²) in [5, 5.41) is 8.98. The molecule has 0 saturated carbocycles. The van der Waals surface area contributed by atoms with E-state index < -0.39 is 5.97 Å². The predicted molar refractivity (Wildman–Crippen MR) is 84.9 cm³/mol. The first kappa shape index (κ1) is 16.3. The average Bonchev–Trinajstić information content (AvgIpc) is 2.40. The van der Waals surface area contributed by atoms with E-state index in [4.69, 9.17) is 9.84 Å². The average molecular weight is 376 g/mol. The number of unbranched alkanes of at least 4 members (excludes halogenated alkanes) is 1. The third-order valence-corrected chi connectivity index (χ3v) is 4.09. The lowest BCUT2D eigenvalue weighted by Crippen LogP contribution is -2.12. The Morgan fingerprint density at radius 2 is 2.16 bits per heavy atom. The van der Waals surface area contributed by atoms with Crippen LogP contribution >= 0.6 is 22.6 Å². The zero-order valence-electron chi connectivity index (χ0n) is 11.5. The number of ether oxygens (including phenoxy) is 1. The molecule has 0 aliphatic carbocycles. The fourth-order valence-corrected chi connectivity index (χ4v) is 2.34. The van der Waals surface area contributed by atoms with Gasteiger partial charge < -0.3 is 9.84 Å². The molecule has 1 atom stereocenters. The normalized spacial score (nSPS) is 12.2. The zero-order chi connectivity index (χ0) is 14.3. The molecule has 4 heteroatoms. The predicted octanol–water partition coefficient (Wildman–Crippen LogP) is 4.58. The second-order valence-electron chi connectivity index (χ2n) is 4.68. The molecule has 1 rings (SSSR count). The van der Waals surface area contributed by atoms with Crippen LogP contribution in [0.2, 0.25) is 0 Å². The quantitative estimate of drug-likeness (QED) is 0.676. The number of carboxylic acid groups (broad SMARTS) is 1. The van der Waals surface area contributed by atoms with Crippen LogP contribution in [0.25, 0.3) is 0 Å². The standard InChI is InChI=1S/C15H21IO3/c1-3-5-6-11(4-2)10-19-14-9-12(15(17)18)7-8-13(14)16/h7-9,11H,3-6,10H2,1-2H3,(H,17,18). The lowest BCUT2D eigenvalue weighted by Gasteiger charge is -2.16. The van der Waals surface area contributed by atoms with E-state index in [1.54, 1.807) is 18.2 Å². The van der Waals surface area contributed by atoms with Crippen LogP contribution in [0.1, 0.15) is 49.9 Å². The molecule has 19 heavy (non-hydrogen) atoms. The number of aromatic carboxylic acids is 1. The van der Waals surface area contributed by atoms with E-state index in [0.717, 1.165) is 9.99 Å². The summed E-state index contributed by atoms with van der Waals surface area (Å²) < 4.78 is 6.76.